The summed E-state index contributed by atoms with van der Waals surface area (Å²) in [6, 6.07) is 8.03. The monoisotopic (exact) mass is 336 g/mol. The Labute approximate surface area is 128 Å². The van der Waals surface area contributed by atoms with Gasteiger partial charge in [0.1, 0.15) is 0 Å². The molecule has 108 valence electrons. The van der Waals surface area contributed by atoms with Crippen LogP contribution < -0.4 is 0 Å². The van der Waals surface area contributed by atoms with E-state index in [0.29, 0.717) is 6.42 Å². The number of rotatable bonds is 4. The van der Waals surface area contributed by atoms with Crippen molar-refractivity contribution in [3.05, 3.63) is 51.3 Å². The van der Waals surface area contributed by atoms with Crippen LogP contribution in [-0.2, 0) is 25.5 Å². The van der Waals surface area contributed by atoms with Gasteiger partial charge in [0.25, 0.3) is 0 Å². The third kappa shape index (κ3) is 2.96. The molecule has 0 fully saturated rings. The average Bonchev–Trinajstić information content (AvgIpc) is 2.66. The number of benzene rings is 1. The molecule has 3 nitrogen and oxygen atoms in total. The van der Waals surface area contributed by atoms with Gasteiger partial charge in [-0.1, -0.05) is 36.8 Å². The van der Waals surface area contributed by atoms with Gasteiger partial charge in [0.15, 0.2) is 0 Å². The number of hydrogen-bond donors (Lipinski definition) is 1. The van der Waals surface area contributed by atoms with E-state index >= 15 is 0 Å². The minimum Gasteiger partial charge on any atom is -0.385 e. The topological polar surface area (TPSA) is 38.0 Å². The lowest BCUT2D eigenvalue weighted by molar-refractivity contribution is 0.0554. The van der Waals surface area contributed by atoms with E-state index in [1.807, 2.05) is 49.8 Å². The number of aryl methyl sites for hydroxylation is 3. The fraction of sp³-hybridized carbons (Fsp3) is 0.438. The molecule has 0 saturated heterocycles. The van der Waals surface area contributed by atoms with Gasteiger partial charge in [-0.15, -0.1) is 0 Å². The second kappa shape index (κ2) is 5.70. The zero-order valence-electron chi connectivity index (χ0n) is 12.4. The maximum atomic E-state index is 10.8. The first-order chi connectivity index (χ1) is 9.35. The van der Waals surface area contributed by atoms with Gasteiger partial charge in [0.2, 0.25) is 0 Å². The van der Waals surface area contributed by atoms with Gasteiger partial charge in [0, 0.05) is 13.5 Å². The highest BCUT2D eigenvalue weighted by molar-refractivity contribution is 9.10. The Morgan fingerprint density at radius 3 is 2.40 bits per heavy atom. The summed E-state index contributed by atoms with van der Waals surface area (Å²) in [7, 11) is 1.92. The van der Waals surface area contributed by atoms with E-state index in [0.717, 1.165) is 27.8 Å². The second-order valence-corrected chi connectivity index (χ2v) is 6.29. The molecule has 0 spiro atoms. The van der Waals surface area contributed by atoms with Crippen LogP contribution in [0.1, 0.15) is 36.4 Å². The smallest absolute Gasteiger partial charge is 0.0924 e. The van der Waals surface area contributed by atoms with E-state index in [-0.39, 0.29) is 0 Å². The first-order valence-corrected chi connectivity index (χ1v) is 7.64. The van der Waals surface area contributed by atoms with E-state index in [1.54, 1.807) is 0 Å². The molecule has 0 aliphatic rings. The molecule has 2 rings (SSSR count). The number of aliphatic hydroxyl groups is 1. The van der Waals surface area contributed by atoms with Crippen molar-refractivity contribution in [2.75, 3.05) is 0 Å². The molecule has 1 heterocycles. The Bertz CT molecular complexity index is 600. The van der Waals surface area contributed by atoms with Gasteiger partial charge in [0.05, 0.1) is 21.5 Å². The molecule has 1 unspecified atom stereocenters. The summed E-state index contributed by atoms with van der Waals surface area (Å²) in [5.74, 6) is 0. The predicted molar refractivity (Wildman–Crippen MR) is 84.7 cm³/mol. The number of hydrogen-bond acceptors (Lipinski definition) is 2. The zero-order valence-corrected chi connectivity index (χ0v) is 14.0. The van der Waals surface area contributed by atoms with Gasteiger partial charge in [-0.2, -0.15) is 5.10 Å². The SMILES string of the molecule is CCc1nn(C)c(CC(C)(O)c2ccc(C)cc2)c1Br. The molecular weight excluding hydrogens is 316 g/mol. The van der Waals surface area contributed by atoms with Gasteiger partial charge < -0.3 is 5.11 Å². The summed E-state index contributed by atoms with van der Waals surface area (Å²) >= 11 is 3.60. The Kier molecular flexibility index (Phi) is 4.35. The van der Waals surface area contributed by atoms with E-state index in [2.05, 4.69) is 28.0 Å². The van der Waals surface area contributed by atoms with Crippen molar-refractivity contribution in [1.82, 2.24) is 9.78 Å². The van der Waals surface area contributed by atoms with Crippen molar-refractivity contribution in [2.24, 2.45) is 7.05 Å². The molecule has 0 amide bonds. The van der Waals surface area contributed by atoms with E-state index in [4.69, 9.17) is 0 Å². The fourth-order valence-corrected chi connectivity index (χ4v) is 3.11. The summed E-state index contributed by atoms with van der Waals surface area (Å²) < 4.78 is 2.86. The first-order valence-electron chi connectivity index (χ1n) is 6.85. The second-order valence-electron chi connectivity index (χ2n) is 5.50. The summed E-state index contributed by atoms with van der Waals surface area (Å²) in [6.07, 6.45) is 1.40. The molecule has 4 heteroatoms. The van der Waals surface area contributed by atoms with Crippen molar-refractivity contribution < 1.29 is 5.11 Å². The Hall–Kier alpha value is -1.13. The number of nitrogens with zero attached hydrogens (tertiary/aromatic N) is 2. The highest BCUT2D eigenvalue weighted by Crippen LogP contribution is 2.30. The van der Waals surface area contributed by atoms with Gasteiger partial charge in [-0.25, -0.2) is 0 Å². The summed E-state index contributed by atoms with van der Waals surface area (Å²) in [4.78, 5) is 0. The Morgan fingerprint density at radius 1 is 1.30 bits per heavy atom. The van der Waals surface area contributed by atoms with Crippen LogP contribution in [0.4, 0.5) is 0 Å². The molecule has 1 N–H and O–H groups in total. The molecule has 2 aromatic rings. The van der Waals surface area contributed by atoms with Gasteiger partial charge >= 0.3 is 0 Å². The molecule has 0 aliphatic heterocycles. The van der Waals surface area contributed by atoms with Gasteiger partial charge in [-0.3, -0.25) is 4.68 Å². The van der Waals surface area contributed by atoms with Crippen LogP contribution in [-0.4, -0.2) is 14.9 Å². The summed E-state index contributed by atoms with van der Waals surface area (Å²) in [6.45, 7) is 5.97. The molecule has 1 atom stereocenters. The summed E-state index contributed by atoms with van der Waals surface area (Å²) in [5.41, 5.74) is 3.26. The molecule has 0 aliphatic carbocycles. The van der Waals surface area contributed by atoms with E-state index in [1.165, 1.54) is 5.56 Å². The van der Waals surface area contributed by atoms with Crippen LogP contribution in [0.15, 0.2) is 28.7 Å². The minimum absolute atomic E-state index is 0.528. The normalized spacial score (nSPS) is 14.3. The quantitative estimate of drug-likeness (QED) is 0.927. The largest absolute Gasteiger partial charge is 0.385 e. The third-order valence-electron chi connectivity index (χ3n) is 3.69. The van der Waals surface area contributed by atoms with E-state index < -0.39 is 5.60 Å². The lowest BCUT2D eigenvalue weighted by Crippen LogP contribution is -2.25. The molecule has 20 heavy (non-hydrogen) atoms. The number of aromatic nitrogens is 2. The first kappa shape index (κ1) is 15.3. The van der Waals surface area contributed by atoms with Crippen LogP contribution in [0.25, 0.3) is 0 Å². The van der Waals surface area contributed by atoms with Crippen LogP contribution in [0, 0.1) is 6.92 Å². The standard InChI is InChI=1S/C16H21BrN2O/c1-5-13-15(17)14(19(4)18-13)10-16(3,20)12-8-6-11(2)7-9-12/h6-9,20H,5,10H2,1-4H3. The minimum atomic E-state index is -0.908. The van der Waals surface area contributed by atoms with Crippen LogP contribution in [0.2, 0.25) is 0 Å². The lowest BCUT2D eigenvalue weighted by Gasteiger charge is -2.24. The highest BCUT2D eigenvalue weighted by atomic mass is 79.9. The molecule has 1 aromatic heterocycles. The van der Waals surface area contributed by atoms with Crippen LogP contribution >= 0.6 is 15.9 Å². The zero-order chi connectivity index (χ0) is 14.9. The average molecular weight is 337 g/mol. The number of halogens is 1. The van der Waals surface area contributed by atoms with E-state index in [9.17, 15) is 5.11 Å². The van der Waals surface area contributed by atoms with Gasteiger partial charge in [-0.05, 0) is 41.8 Å². The fourth-order valence-electron chi connectivity index (χ4n) is 2.35. The Morgan fingerprint density at radius 2 is 1.90 bits per heavy atom. The maximum absolute atomic E-state index is 10.8. The molecule has 0 bridgehead atoms. The van der Waals surface area contributed by atoms with Crippen molar-refractivity contribution in [2.45, 2.75) is 39.2 Å². The van der Waals surface area contributed by atoms with Crippen molar-refractivity contribution in [3.8, 4) is 0 Å². The predicted octanol–water partition coefficient (Wildman–Crippen LogP) is 3.50. The van der Waals surface area contributed by atoms with Crippen molar-refractivity contribution >= 4 is 15.9 Å². The van der Waals surface area contributed by atoms with Crippen molar-refractivity contribution in [1.29, 1.82) is 0 Å². The maximum Gasteiger partial charge on any atom is 0.0924 e. The molecular formula is C16H21BrN2O. The van der Waals surface area contributed by atoms with Crippen molar-refractivity contribution in [3.63, 3.8) is 0 Å². The lowest BCUT2D eigenvalue weighted by atomic mass is 9.90. The molecule has 0 saturated carbocycles. The highest BCUT2D eigenvalue weighted by Gasteiger charge is 2.27. The molecule has 0 radical (unpaired) electrons. The third-order valence-corrected chi connectivity index (χ3v) is 4.60. The van der Waals surface area contributed by atoms with Crippen LogP contribution in [0.5, 0.6) is 0 Å². The molecule has 1 aromatic carbocycles. The summed E-state index contributed by atoms with van der Waals surface area (Å²) in [5, 5.41) is 15.3. The Balaban J connectivity index is 2.32. The van der Waals surface area contributed by atoms with Crippen LogP contribution in [0.3, 0.4) is 0 Å².